The number of hydrogen-bond acceptors (Lipinski definition) is 3. The molecule has 0 aliphatic carbocycles. The Morgan fingerprint density at radius 3 is 2.38 bits per heavy atom. The summed E-state index contributed by atoms with van der Waals surface area (Å²) in [6.45, 7) is 5.09. The van der Waals surface area contributed by atoms with Crippen molar-refractivity contribution in [3.05, 3.63) is 0 Å². The molecular weight excluding hydrogens is 182 g/mol. The minimum absolute atomic E-state index is 0.171. The molecule has 0 aromatic heterocycles. The van der Waals surface area contributed by atoms with E-state index >= 15 is 0 Å². The second-order valence-corrected chi connectivity index (χ2v) is 4.73. The summed E-state index contributed by atoms with van der Waals surface area (Å²) in [4.78, 5) is 2.32. The third-order valence-corrected chi connectivity index (χ3v) is 3.04. The van der Waals surface area contributed by atoms with Gasteiger partial charge in [-0.1, -0.05) is 0 Å². The zero-order chi connectivity index (χ0) is 10.3. The molecule has 0 aromatic rings. The van der Waals surface area contributed by atoms with Crippen molar-refractivity contribution in [2.75, 3.05) is 25.6 Å². The van der Waals surface area contributed by atoms with Crippen LogP contribution in [0.3, 0.4) is 0 Å². The molecule has 2 atom stereocenters. The Balaban J connectivity index is 3.50. The Labute approximate surface area is 86.7 Å². The fraction of sp³-hybridized carbons (Fsp3) is 1.00. The quantitative estimate of drug-likeness (QED) is 0.686. The summed E-state index contributed by atoms with van der Waals surface area (Å²) in [6.07, 6.45) is 4.08. The molecule has 0 aliphatic heterocycles. The topological polar surface area (TPSA) is 23.5 Å². The molecule has 0 saturated carbocycles. The van der Waals surface area contributed by atoms with E-state index in [1.807, 2.05) is 18.7 Å². The third-order valence-electron chi connectivity index (χ3n) is 2.39. The SMILES string of the molecule is CSCCC(C)N(C)CCC(C)O. The van der Waals surface area contributed by atoms with E-state index in [0.717, 1.165) is 13.0 Å². The van der Waals surface area contributed by atoms with Gasteiger partial charge in [-0.15, -0.1) is 0 Å². The molecule has 0 radical (unpaired) electrons. The maximum Gasteiger partial charge on any atom is 0.0524 e. The summed E-state index contributed by atoms with van der Waals surface area (Å²) < 4.78 is 0. The smallest absolute Gasteiger partial charge is 0.0524 e. The molecule has 0 heterocycles. The normalized spacial score (nSPS) is 16.2. The standard InChI is InChI=1S/C10H23NOS/c1-9(6-8-13-4)11(3)7-5-10(2)12/h9-10,12H,5-8H2,1-4H3. The Hall–Kier alpha value is 0.270. The van der Waals surface area contributed by atoms with Gasteiger partial charge in [0.15, 0.2) is 0 Å². The van der Waals surface area contributed by atoms with Crippen LogP contribution in [0.5, 0.6) is 0 Å². The molecular formula is C10H23NOS. The summed E-state index contributed by atoms with van der Waals surface area (Å²) in [6, 6.07) is 0.631. The van der Waals surface area contributed by atoms with Crippen molar-refractivity contribution < 1.29 is 5.11 Å². The molecule has 0 amide bonds. The average Bonchev–Trinajstić information content (AvgIpc) is 2.10. The van der Waals surface area contributed by atoms with E-state index in [0.29, 0.717) is 6.04 Å². The summed E-state index contributed by atoms with van der Waals surface area (Å²) in [5, 5.41) is 9.13. The number of rotatable bonds is 7. The van der Waals surface area contributed by atoms with Crippen molar-refractivity contribution in [2.45, 2.75) is 38.8 Å². The van der Waals surface area contributed by atoms with Crippen LogP contribution in [0.2, 0.25) is 0 Å². The van der Waals surface area contributed by atoms with Gasteiger partial charge in [0.25, 0.3) is 0 Å². The van der Waals surface area contributed by atoms with Crippen LogP contribution in [-0.2, 0) is 0 Å². The van der Waals surface area contributed by atoms with Crippen molar-refractivity contribution in [1.29, 1.82) is 0 Å². The van der Waals surface area contributed by atoms with Crippen molar-refractivity contribution in [3.8, 4) is 0 Å². The largest absolute Gasteiger partial charge is 0.393 e. The van der Waals surface area contributed by atoms with Gasteiger partial charge >= 0.3 is 0 Å². The maximum absolute atomic E-state index is 9.13. The van der Waals surface area contributed by atoms with Gasteiger partial charge in [-0.25, -0.2) is 0 Å². The first-order valence-electron chi connectivity index (χ1n) is 4.95. The van der Waals surface area contributed by atoms with Crippen LogP contribution in [0.4, 0.5) is 0 Å². The zero-order valence-corrected chi connectivity index (χ0v) is 10.1. The highest BCUT2D eigenvalue weighted by atomic mass is 32.2. The van der Waals surface area contributed by atoms with Gasteiger partial charge in [0, 0.05) is 12.6 Å². The number of thioether (sulfide) groups is 1. The lowest BCUT2D eigenvalue weighted by Gasteiger charge is -2.24. The van der Waals surface area contributed by atoms with E-state index in [2.05, 4.69) is 25.1 Å². The number of aliphatic hydroxyl groups is 1. The van der Waals surface area contributed by atoms with Crippen molar-refractivity contribution >= 4 is 11.8 Å². The first-order valence-corrected chi connectivity index (χ1v) is 6.34. The molecule has 0 bridgehead atoms. The molecule has 0 aromatic carbocycles. The highest BCUT2D eigenvalue weighted by Crippen LogP contribution is 2.06. The first kappa shape index (κ1) is 13.3. The van der Waals surface area contributed by atoms with Crippen LogP contribution in [0.1, 0.15) is 26.7 Å². The van der Waals surface area contributed by atoms with Gasteiger partial charge < -0.3 is 10.0 Å². The van der Waals surface area contributed by atoms with E-state index in [9.17, 15) is 0 Å². The predicted molar refractivity (Wildman–Crippen MR) is 61.4 cm³/mol. The Bertz CT molecular complexity index is 119. The second kappa shape index (κ2) is 7.65. The van der Waals surface area contributed by atoms with Gasteiger partial charge in [0.2, 0.25) is 0 Å². The van der Waals surface area contributed by atoms with Crippen molar-refractivity contribution in [1.82, 2.24) is 4.90 Å². The van der Waals surface area contributed by atoms with Crippen molar-refractivity contribution in [2.24, 2.45) is 0 Å². The Morgan fingerprint density at radius 1 is 1.31 bits per heavy atom. The van der Waals surface area contributed by atoms with E-state index < -0.39 is 0 Å². The summed E-state index contributed by atoms with van der Waals surface area (Å²) in [7, 11) is 2.13. The molecule has 13 heavy (non-hydrogen) atoms. The first-order chi connectivity index (χ1) is 6.07. The molecule has 2 unspecified atom stereocenters. The summed E-state index contributed by atoms with van der Waals surface area (Å²) >= 11 is 1.90. The van der Waals surface area contributed by atoms with Gasteiger partial charge in [0.1, 0.15) is 0 Å². The lowest BCUT2D eigenvalue weighted by atomic mass is 10.2. The van der Waals surface area contributed by atoms with Gasteiger partial charge in [-0.2, -0.15) is 11.8 Å². The monoisotopic (exact) mass is 205 g/mol. The molecule has 0 saturated heterocycles. The molecule has 3 heteroatoms. The highest BCUT2D eigenvalue weighted by molar-refractivity contribution is 7.98. The van der Waals surface area contributed by atoms with Gasteiger partial charge in [-0.05, 0) is 45.7 Å². The fourth-order valence-electron chi connectivity index (χ4n) is 1.12. The molecule has 80 valence electrons. The highest BCUT2D eigenvalue weighted by Gasteiger charge is 2.08. The second-order valence-electron chi connectivity index (χ2n) is 3.75. The number of nitrogens with zero attached hydrogens (tertiary/aromatic N) is 1. The predicted octanol–water partition coefficient (Wildman–Crippen LogP) is 1.83. The molecule has 0 aliphatic rings. The summed E-state index contributed by atoms with van der Waals surface area (Å²) in [5.41, 5.74) is 0. The van der Waals surface area contributed by atoms with E-state index in [1.54, 1.807) is 0 Å². The number of aliphatic hydroxyl groups excluding tert-OH is 1. The minimum atomic E-state index is -0.171. The van der Waals surface area contributed by atoms with Crippen LogP contribution in [0.15, 0.2) is 0 Å². The minimum Gasteiger partial charge on any atom is -0.393 e. The lowest BCUT2D eigenvalue weighted by molar-refractivity contribution is 0.152. The zero-order valence-electron chi connectivity index (χ0n) is 9.29. The number of hydrogen-bond donors (Lipinski definition) is 1. The maximum atomic E-state index is 9.13. The van der Waals surface area contributed by atoms with E-state index in [1.165, 1.54) is 12.2 Å². The van der Waals surface area contributed by atoms with Crippen LogP contribution in [0.25, 0.3) is 0 Å². The molecule has 1 N–H and O–H groups in total. The van der Waals surface area contributed by atoms with Crippen LogP contribution >= 0.6 is 11.8 Å². The molecule has 0 fully saturated rings. The Kier molecular flexibility index (Phi) is 7.81. The molecule has 0 spiro atoms. The Morgan fingerprint density at radius 2 is 1.92 bits per heavy atom. The summed E-state index contributed by atoms with van der Waals surface area (Å²) in [5.74, 6) is 1.22. The van der Waals surface area contributed by atoms with Crippen LogP contribution < -0.4 is 0 Å². The van der Waals surface area contributed by atoms with Crippen molar-refractivity contribution in [3.63, 3.8) is 0 Å². The average molecular weight is 205 g/mol. The fourth-order valence-corrected chi connectivity index (χ4v) is 1.70. The van der Waals surface area contributed by atoms with E-state index in [4.69, 9.17) is 5.11 Å². The van der Waals surface area contributed by atoms with Gasteiger partial charge in [-0.3, -0.25) is 0 Å². The third kappa shape index (κ3) is 7.35. The van der Waals surface area contributed by atoms with Gasteiger partial charge in [0.05, 0.1) is 6.10 Å². The van der Waals surface area contributed by atoms with Crippen LogP contribution in [-0.4, -0.2) is 47.8 Å². The van der Waals surface area contributed by atoms with E-state index in [-0.39, 0.29) is 6.10 Å². The van der Waals surface area contributed by atoms with Crippen LogP contribution in [0, 0.1) is 0 Å². The lowest BCUT2D eigenvalue weighted by Crippen LogP contribution is -2.31. The molecule has 2 nitrogen and oxygen atoms in total. The molecule has 0 rings (SSSR count).